The van der Waals surface area contributed by atoms with Gasteiger partial charge in [0.25, 0.3) is 11.8 Å². The first-order valence-electron chi connectivity index (χ1n) is 7.75. The van der Waals surface area contributed by atoms with Gasteiger partial charge in [0, 0.05) is 12.1 Å². The zero-order valence-electron chi connectivity index (χ0n) is 13.7. The number of likely N-dealkylation sites (N-methyl/N-ethyl adjacent to an activating group) is 1. The van der Waals surface area contributed by atoms with E-state index in [1.807, 2.05) is 30.3 Å². The van der Waals surface area contributed by atoms with E-state index < -0.39 is 12.1 Å². The van der Waals surface area contributed by atoms with Crippen molar-refractivity contribution < 1.29 is 19.1 Å². The molecule has 0 fully saturated rings. The Bertz CT molecular complexity index is 758. The summed E-state index contributed by atoms with van der Waals surface area (Å²) < 4.78 is 4.96. The molecule has 0 saturated heterocycles. The second-order valence-corrected chi connectivity index (χ2v) is 5.27. The molecule has 2 rings (SSSR count). The lowest BCUT2D eigenvalue weighted by Crippen LogP contribution is -2.38. The van der Waals surface area contributed by atoms with Gasteiger partial charge in [-0.1, -0.05) is 30.3 Å². The van der Waals surface area contributed by atoms with Gasteiger partial charge in [0.1, 0.15) is 6.54 Å². The molecule has 0 aliphatic carbocycles. The molecule has 6 heteroatoms. The smallest absolute Gasteiger partial charge is 0.326 e. The fraction of sp³-hybridized carbons (Fsp3) is 0.278. The van der Waals surface area contributed by atoms with Gasteiger partial charge in [-0.3, -0.25) is 14.4 Å². The molecule has 2 N–H and O–H groups in total. The van der Waals surface area contributed by atoms with Crippen LogP contribution in [0.15, 0.2) is 42.5 Å². The number of rotatable bonds is 6. The molecule has 24 heavy (non-hydrogen) atoms. The summed E-state index contributed by atoms with van der Waals surface area (Å²) in [6, 6.07) is 13.0. The van der Waals surface area contributed by atoms with E-state index >= 15 is 0 Å². The van der Waals surface area contributed by atoms with Crippen LogP contribution in [0, 0.1) is 0 Å². The Hall–Kier alpha value is -2.89. The molecule has 1 atom stereocenters. The van der Waals surface area contributed by atoms with Crippen LogP contribution < -0.4 is 10.6 Å². The summed E-state index contributed by atoms with van der Waals surface area (Å²) in [6.45, 7) is 3.42. The maximum Gasteiger partial charge on any atom is 0.326 e. The molecule has 0 aromatic heterocycles. The van der Waals surface area contributed by atoms with Crippen LogP contribution in [-0.2, 0) is 14.3 Å². The van der Waals surface area contributed by atoms with Gasteiger partial charge in [0.05, 0.1) is 0 Å². The van der Waals surface area contributed by atoms with E-state index in [-0.39, 0.29) is 18.4 Å². The molecule has 2 aromatic carbocycles. The maximum absolute atomic E-state index is 12.1. The fourth-order valence-corrected chi connectivity index (χ4v) is 2.20. The number of carbonyl (C=O) groups excluding carboxylic acids is 3. The second kappa shape index (κ2) is 8.10. The Morgan fingerprint density at radius 3 is 2.46 bits per heavy atom. The lowest BCUT2D eigenvalue weighted by Gasteiger charge is -2.13. The Morgan fingerprint density at radius 2 is 1.75 bits per heavy atom. The summed E-state index contributed by atoms with van der Waals surface area (Å²) in [5.41, 5.74) is 0.457. The topological polar surface area (TPSA) is 84.5 Å². The molecule has 6 nitrogen and oxygen atoms in total. The van der Waals surface area contributed by atoms with Gasteiger partial charge in [0.2, 0.25) is 0 Å². The molecule has 0 heterocycles. The van der Waals surface area contributed by atoms with Gasteiger partial charge < -0.3 is 15.4 Å². The number of fused-ring (bicyclic) bond motifs is 1. The fourth-order valence-electron chi connectivity index (χ4n) is 2.20. The zero-order valence-corrected chi connectivity index (χ0v) is 13.7. The average Bonchev–Trinajstić information content (AvgIpc) is 2.59. The molecule has 0 saturated carbocycles. The molecule has 0 radical (unpaired) electrons. The number of ether oxygens (including phenoxy) is 1. The molecule has 0 spiro atoms. The van der Waals surface area contributed by atoms with Crippen LogP contribution in [0.2, 0.25) is 0 Å². The highest BCUT2D eigenvalue weighted by Crippen LogP contribution is 2.15. The van der Waals surface area contributed by atoms with Crippen molar-refractivity contribution >= 4 is 28.6 Å². The van der Waals surface area contributed by atoms with Crippen LogP contribution in [-0.4, -0.2) is 37.0 Å². The lowest BCUT2D eigenvalue weighted by molar-refractivity contribution is -0.153. The highest BCUT2D eigenvalue weighted by molar-refractivity contribution is 5.99. The standard InChI is InChI=1S/C18H20N2O4/c1-3-19-17(22)12(2)24-16(21)11-20-18(23)15-9-8-13-6-4-5-7-14(13)10-15/h4-10,12H,3,11H2,1-2H3,(H,19,22)(H,20,23)/t12-/m1/s1. The van der Waals surface area contributed by atoms with E-state index in [0.29, 0.717) is 12.1 Å². The van der Waals surface area contributed by atoms with E-state index in [1.165, 1.54) is 6.92 Å². The van der Waals surface area contributed by atoms with Crippen LogP contribution in [0.4, 0.5) is 0 Å². The third kappa shape index (κ3) is 4.55. The summed E-state index contributed by atoms with van der Waals surface area (Å²) in [5, 5.41) is 7.02. The maximum atomic E-state index is 12.1. The van der Waals surface area contributed by atoms with E-state index in [9.17, 15) is 14.4 Å². The Kier molecular flexibility index (Phi) is 5.89. The number of carbonyl (C=O) groups is 3. The minimum absolute atomic E-state index is 0.296. The largest absolute Gasteiger partial charge is 0.451 e. The number of benzene rings is 2. The van der Waals surface area contributed by atoms with Crippen LogP contribution in [0.3, 0.4) is 0 Å². The van der Waals surface area contributed by atoms with Gasteiger partial charge >= 0.3 is 5.97 Å². The number of hydrogen-bond acceptors (Lipinski definition) is 4. The number of amides is 2. The predicted molar refractivity (Wildman–Crippen MR) is 90.5 cm³/mol. The van der Waals surface area contributed by atoms with Gasteiger partial charge in [-0.05, 0) is 36.8 Å². The Balaban J connectivity index is 1.89. The Labute approximate surface area is 140 Å². The van der Waals surface area contributed by atoms with Crippen molar-refractivity contribution in [2.24, 2.45) is 0 Å². The second-order valence-electron chi connectivity index (χ2n) is 5.27. The average molecular weight is 328 g/mol. The van der Waals surface area contributed by atoms with Crippen molar-refractivity contribution in [2.75, 3.05) is 13.1 Å². The first-order chi connectivity index (χ1) is 11.5. The highest BCUT2D eigenvalue weighted by atomic mass is 16.5. The zero-order chi connectivity index (χ0) is 17.5. The number of esters is 1. The van der Waals surface area contributed by atoms with Crippen LogP contribution in [0.1, 0.15) is 24.2 Å². The Morgan fingerprint density at radius 1 is 1.04 bits per heavy atom. The van der Waals surface area contributed by atoms with Crippen molar-refractivity contribution in [1.82, 2.24) is 10.6 Å². The summed E-state index contributed by atoms with van der Waals surface area (Å²) in [7, 11) is 0. The van der Waals surface area contributed by atoms with Gasteiger partial charge in [-0.25, -0.2) is 0 Å². The lowest BCUT2D eigenvalue weighted by atomic mass is 10.1. The molecule has 2 aromatic rings. The van der Waals surface area contributed by atoms with Crippen LogP contribution >= 0.6 is 0 Å². The van der Waals surface area contributed by atoms with E-state index in [0.717, 1.165) is 10.8 Å². The first kappa shape index (κ1) is 17.5. The quantitative estimate of drug-likeness (QED) is 0.790. The summed E-state index contributed by atoms with van der Waals surface area (Å²) >= 11 is 0. The van der Waals surface area contributed by atoms with Crippen molar-refractivity contribution in [2.45, 2.75) is 20.0 Å². The molecule has 0 bridgehead atoms. The van der Waals surface area contributed by atoms with Gasteiger partial charge in [0.15, 0.2) is 6.10 Å². The minimum Gasteiger partial charge on any atom is -0.451 e. The normalized spacial score (nSPS) is 11.6. The third-order valence-electron chi connectivity index (χ3n) is 3.43. The molecule has 0 aliphatic rings. The monoisotopic (exact) mass is 328 g/mol. The van der Waals surface area contributed by atoms with Crippen molar-refractivity contribution in [3.63, 3.8) is 0 Å². The molecule has 0 unspecified atom stereocenters. The molecule has 0 aliphatic heterocycles. The van der Waals surface area contributed by atoms with Crippen LogP contribution in [0.5, 0.6) is 0 Å². The molecular weight excluding hydrogens is 308 g/mol. The van der Waals surface area contributed by atoms with E-state index in [2.05, 4.69) is 10.6 Å². The minimum atomic E-state index is -0.893. The first-order valence-corrected chi connectivity index (χ1v) is 7.75. The van der Waals surface area contributed by atoms with E-state index in [4.69, 9.17) is 4.74 Å². The van der Waals surface area contributed by atoms with Crippen LogP contribution in [0.25, 0.3) is 10.8 Å². The number of nitrogens with one attached hydrogen (secondary N) is 2. The van der Waals surface area contributed by atoms with E-state index in [1.54, 1.807) is 19.1 Å². The number of hydrogen-bond donors (Lipinski definition) is 2. The molecular formula is C18H20N2O4. The van der Waals surface area contributed by atoms with Crippen molar-refractivity contribution in [1.29, 1.82) is 0 Å². The van der Waals surface area contributed by atoms with Crippen molar-refractivity contribution in [3.05, 3.63) is 48.0 Å². The van der Waals surface area contributed by atoms with Gasteiger partial charge in [-0.2, -0.15) is 0 Å². The summed E-state index contributed by atoms with van der Waals surface area (Å²) in [6.07, 6.45) is -0.893. The summed E-state index contributed by atoms with van der Waals surface area (Å²) in [4.78, 5) is 35.3. The van der Waals surface area contributed by atoms with Gasteiger partial charge in [-0.15, -0.1) is 0 Å². The predicted octanol–water partition coefficient (Wildman–Crippen LogP) is 1.64. The third-order valence-corrected chi connectivity index (χ3v) is 3.43. The van der Waals surface area contributed by atoms with Crippen molar-refractivity contribution in [3.8, 4) is 0 Å². The molecule has 126 valence electrons. The SMILES string of the molecule is CCNC(=O)[C@@H](C)OC(=O)CNC(=O)c1ccc2ccccc2c1. The summed E-state index contributed by atoms with van der Waals surface area (Å²) in [5.74, 6) is -1.40. The highest BCUT2D eigenvalue weighted by Gasteiger charge is 2.17. The molecule has 2 amide bonds.